The van der Waals surface area contributed by atoms with Crippen molar-refractivity contribution in [3.63, 3.8) is 0 Å². The summed E-state index contributed by atoms with van der Waals surface area (Å²) in [6.45, 7) is 5.47. The van der Waals surface area contributed by atoms with Crippen LogP contribution in [-0.4, -0.2) is 97.2 Å². The summed E-state index contributed by atoms with van der Waals surface area (Å²) in [5, 5.41) is 13.9. The van der Waals surface area contributed by atoms with E-state index in [4.69, 9.17) is 14.2 Å². The van der Waals surface area contributed by atoms with Crippen LogP contribution in [0.3, 0.4) is 0 Å². The number of nitro groups is 1. The van der Waals surface area contributed by atoms with Gasteiger partial charge in [-0.2, -0.15) is 0 Å². The number of ether oxygens (including phenoxy) is 3. The molecule has 1 aromatic heterocycles. The molecule has 1 aliphatic rings. The summed E-state index contributed by atoms with van der Waals surface area (Å²) in [5.74, 6) is 1.19. The van der Waals surface area contributed by atoms with Gasteiger partial charge in [-0.25, -0.2) is 4.68 Å². The van der Waals surface area contributed by atoms with Gasteiger partial charge in [-0.1, -0.05) is 0 Å². The van der Waals surface area contributed by atoms with E-state index in [1.807, 2.05) is 0 Å². The Hall–Kier alpha value is -4.65. The van der Waals surface area contributed by atoms with Gasteiger partial charge in [0.2, 0.25) is 5.75 Å². The Kier molecular flexibility index (Phi) is 8.84. The first-order valence-electron chi connectivity index (χ1n) is 12.6. The maximum absolute atomic E-state index is 13.1. The molecule has 13 nitrogen and oxygen atoms in total. The van der Waals surface area contributed by atoms with Gasteiger partial charge in [-0.05, 0) is 31.2 Å². The second-order valence-corrected chi connectivity index (χ2v) is 9.15. The van der Waals surface area contributed by atoms with Gasteiger partial charge < -0.3 is 19.1 Å². The molecule has 1 fully saturated rings. The van der Waals surface area contributed by atoms with Crippen molar-refractivity contribution in [2.75, 3.05) is 60.6 Å². The molecule has 2 heterocycles. The van der Waals surface area contributed by atoms with Crippen molar-refractivity contribution >= 4 is 17.8 Å². The Morgan fingerprint density at radius 3 is 2.23 bits per heavy atom. The predicted molar refractivity (Wildman–Crippen MR) is 149 cm³/mol. The van der Waals surface area contributed by atoms with Crippen molar-refractivity contribution in [2.24, 2.45) is 4.99 Å². The number of hydrogen-bond donors (Lipinski definition) is 1. The Bertz CT molecular complexity index is 1430. The van der Waals surface area contributed by atoms with E-state index in [2.05, 4.69) is 15.0 Å². The fraction of sp³-hybridized carbons (Fsp3) is 0.370. The minimum atomic E-state index is -0.488. The standard InChI is InChI=1S/C27H32N6O7/c1-18-22(27(35)32(29-18)20-5-7-21(8-6-20)33(36)37)17-28-9-10-30-11-13-31(14-12-30)26(34)19-15-23(38-2)25(40-4)24(16-19)39-3/h5-8,15-17,29H,9-14H2,1-4H3. The number of hydrogen-bond acceptors (Lipinski definition) is 9. The average Bonchev–Trinajstić information content (AvgIpc) is 3.26. The molecule has 0 spiro atoms. The summed E-state index contributed by atoms with van der Waals surface area (Å²) in [4.78, 5) is 44.9. The summed E-state index contributed by atoms with van der Waals surface area (Å²) in [7, 11) is 4.54. The molecular formula is C27H32N6O7. The Morgan fingerprint density at radius 1 is 1.05 bits per heavy atom. The minimum absolute atomic E-state index is 0.0479. The summed E-state index contributed by atoms with van der Waals surface area (Å²) < 4.78 is 17.4. The highest BCUT2D eigenvalue weighted by Gasteiger charge is 2.24. The number of aliphatic imine (C=N–C) groups is 1. The van der Waals surface area contributed by atoms with Crippen LogP contribution in [-0.2, 0) is 0 Å². The first-order chi connectivity index (χ1) is 19.3. The number of piperazine rings is 1. The Labute approximate surface area is 230 Å². The largest absolute Gasteiger partial charge is 0.493 e. The fourth-order valence-corrected chi connectivity index (χ4v) is 4.53. The molecule has 0 atom stereocenters. The molecule has 4 rings (SSSR count). The van der Waals surface area contributed by atoms with Crippen molar-refractivity contribution < 1.29 is 23.9 Å². The zero-order chi connectivity index (χ0) is 28.8. The SMILES string of the molecule is COc1cc(C(=O)N2CCN(CCN=Cc3c(C)[nH]n(-c4ccc([N+](=O)[O-])cc4)c3=O)CC2)cc(OC)c1OC. The van der Waals surface area contributed by atoms with Gasteiger partial charge in [-0.15, -0.1) is 0 Å². The highest BCUT2D eigenvalue weighted by Crippen LogP contribution is 2.38. The number of aromatic nitrogens is 2. The molecule has 40 heavy (non-hydrogen) atoms. The lowest BCUT2D eigenvalue weighted by atomic mass is 10.1. The molecule has 0 bridgehead atoms. The monoisotopic (exact) mass is 552 g/mol. The number of benzene rings is 2. The molecule has 1 saturated heterocycles. The molecule has 212 valence electrons. The van der Waals surface area contributed by atoms with E-state index in [0.717, 1.165) is 0 Å². The van der Waals surface area contributed by atoms with Gasteiger partial charge in [0, 0.05) is 62.3 Å². The van der Waals surface area contributed by atoms with Crippen LogP contribution < -0.4 is 19.8 Å². The number of H-pyrrole nitrogens is 1. The maximum Gasteiger partial charge on any atom is 0.280 e. The lowest BCUT2D eigenvalue weighted by molar-refractivity contribution is -0.384. The van der Waals surface area contributed by atoms with Crippen molar-refractivity contribution in [3.05, 3.63) is 73.7 Å². The molecule has 0 radical (unpaired) electrons. The normalized spacial score (nSPS) is 13.9. The fourth-order valence-electron chi connectivity index (χ4n) is 4.53. The van der Waals surface area contributed by atoms with E-state index in [-0.39, 0.29) is 17.2 Å². The average molecular weight is 553 g/mol. The van der Waals surface area contributed by atoms with Crippen LogP contribution in [0, 0.1) is 17.0 Å². The van der Waals surface area contributed by atoms with Crippen molar-refractivity contribution in [2.45, 2.75) is 6.92 Å². The third-order valence-corrected chi connectivity index (χ3v) is 6.77. The smallest absolute Gasteiger partial charge is 0.280 e. The molecule has 13 heteroatoms. The number of rotatable bonds is 10. The quantitative estimate of drug-likeness (QED) is 0.229. The van der Waals surface area contributed by atoms with Crippen molar-refractivity contribution in [3.8, 4) is 22.9 Å². The second kappa shape index (κ2) is 12.5. The molecule has 2 aromatic carbocycles. The molecule has 1 aliphatic heterocycles. The predicted octanol–water partition coefficient (Wildman–Crippen LogP) is 2.28. The Morgan fingerprint density at radius 2 is 1.68 bits per heavy atom. The number of carbonyl (C=O) groups is 1. The number of carbonyl (C=O) groups excluding carboxylic acids is 1. The number of amides is 1. The van der Waals surface area contributed by atoms with Gasteiger partial charge >= 0.3 is 0 Å². The number of nitro benzene ring substituents is 1. The summed E-state index contributed by atoms with van der Waals surface area (Å²) >= 11 is 0. The van der Waals surface area contributed by atoms with Crippen LogP contribution in [0.2, 0.25) is 0 Å². The summed E-state index contributed by atoms with van der Waals surface area (Å²) in [6, 6.07) is 9.05. The van der Waals surface area contributed by atoms with Crippen molar-refractivity contribution in [1.29, 1.82) is 0 Å². The van der Waals surface area contributed by atoms with Gasteiger partial charge in [0.1, 0.15) is 0 Å². The zero-order valence-electron chi connectivity index (χ0n) is 22.9. The molecule has 1 N–H and O–H groups in total. The van der Waals surface area contributed by atoms with Crippen molar-refractivity contribution in [1.82, 2.24) is 19.6 Å². The third-order valence-electron chi connectivity index (χ3n) is 6.77. The van der Waals surface area contributed by atoms with Gasteiger partial charge in [0.25, 0.3) is 17.2 Å². The van der Waals surface area contributed by atoms with E-state index in [9.17, 15) is 19.7 Å². The number of non-ortho nitro benzene ring substituents is 1. The van der Waals surface area contributed by atoms with Gasteiger partial charge in [0.05, 0.1) is 44.0 Å². The van der Waals surface area contributed by atoms with E-state index >= 15 is 0 Å². The molecule has 0 saturated carbocycles. The number of aryl methyl sites for hydroxylation is 1. The van der Waals surface area contributed by atoms with Crippen LogP contribution in [0.4, 0.5) is 5.69 Å². The van der Waals surface area contributed by atoms with Gasteiger partial charge in [0.15, 0.2) is 11.5 Å². The van der Waals surface area contributed by atoms with E-state index < -0.39 is 4.92 Å². The topological polar surface area (TPSA) is 145 Å². The summed E-state index contributed by atoms with van der Waals surface area (Å²) in [5.41, 5.74) is 1.71. The third kappa shape index (κ3) is 5.99. The van der Waals surface area contributed by atoms with E-state index in [1.54, 1.807) is 30.2 Å². The molecular weight excluding hydrogens is 520 g/mol. The first-order valence-corrected chi connectivity index (χ1v) is 12.6. The van der Waals surface area contributed by atoms with E-state index in [1.165, 1.54) is 50.3 Å². The summed E-state index contributed by atoms with van der Waals surface area (Å²) in [6.07, 6.45) is 1.56. The zero-order valence-corrected chi connectivity index (χ0v) is 22.9. The lowest BCUT2D eigenvalue weighted by Gasteiger charge is -2.34. The molecule has 3 aromatic rings. The van der Waals surface area contributed by atoms with Crippen LogP contribution >= 0.6 is 0 Å². The molecule has 0 unspecified atom stereocenters. The first kappa shape index (κ1) is 28.4. The van der Waals surface area contributed by atoms with E-state index in [0.29, 0.717) is 79.0 Å². The highest BCUT2D eigenvalue weighted by molar-refractivity contribution is 5.95. The molecule has 1 amide bonds. The van der Waals surface area contributed by atoms with Gasteiger partial charge in [-0.3, -0.25) is 34.7 Å². The van der Waals surface area contributed by atoms with Crippen LogP contribution in [0.1, 0.15) is 21.6 Å². The minimum Gasteiger partial charge on any atom is -0.493 e. The number of nitrogens with one attached hydrogen (secondary N) is 1. The van der Waals surface area contributed by atoms with Crippen LogP contribution in [0.15, 0.2) is 46.2 Å². The lowest BCUT2D eigenvalue weighted by Crippen LogP contribution is -2.49. The number of nitrogens with zero attached hydrogens (tertiary/aromatic N) is 5. The maximum atomic E-state index is 13.1. The Balaban J connectivity index is 1.32. The number of methoxy groups -OCH3 is 3. The highest BCUT2D eigenvalue weighted by atomic mass is 16.6. The van der Waals surface area contributed by atoms with Crippen LogP contribution in [0.25, 0.3) is 5.69 Å². The number of aromatic amines is 1. The van der Waals surface area contributed by atoms with Crippen LogP contribution in [0.5, 0.6) is 17.2 Å². The second-order valence-electron chi connectivity index (χ2n) is 9.15. The molecule has 0 aliphatic carbocycles.